The summed E-state index contributed by atoms with van der Waals surface area (Å²) in [6.45, 7) is 2.66. The Hall–Kier alpha value is -4.90. The monoisotopic (exact) mass is 600 g/mol. The van der Waals surface area contributed by atoms with Crippen LogP contribution in [0.3, 0.4) is 0 Å². The number of fused-ring (bicyclic) bond motifs is 1. The van der Waals surface area contributed by atoms with Gasteiger partial charge in [-0.15, -0.1) is 0 Å². The molecule has 0 aliphatic heterocycles. The zero-order valence-electron chi connectivity index (χ0n) is 25.9. The molecular formula is C33H40N6O5. The number of benzene rings is 3. The maximum Gasteiger partial charge on any atom is 0.258 e. The number of carbonyl (C=O) groups is 3. The summed E-state index contributed by atoms with van der Waals surface area (Å²) in [5, 5.41) is 2.87. The van der Waals surface area contributed by atoms with E-state index in [1.807, 2.05) is 31.2 Å². The van der Waals surface area contributed by atoms with Crippen LogP contribution >= 0.6 is 0 Å². The Morgan fingerprint density at radius 2 is 1.77 bits per heavy atom. The number of methoxy groups -OCH3 is 1. The van der Waals surface area contributed by atoms with Crippen LogP contribution in [0.1, 0.15) is 57.8 Å². The highest BCUT2D eigenvalue weighted by atomic mass is 16.5. The Balaban J connectivity index is 1.45. The van der Waals surface area contributed by atoms with Gasteiger partial charge in [0.1, 0.15) is 22.8 Å². The minimum Gasteiger partial charge on any atom is -0.495 e. The van der Waals surface area contributed by atoms with Crippen LogP contribution in [0, 0.1) is 6.92 Å². The Morgan fingerprint density at radius 1 is 0.977 bits per heavy atom. The second-order valence-corrected chi connectivity index (χ2v) is 10.7. The zero-order chi connectivity index (χ0) is 31.8. The van der Waals surface area contributed by atoms with Crippen LogP contribution in [0.4, 0.5) is 11.4 Å². The number of imidazole rings is 1. The van der Waals surface area contributed by atoms with Crippen LogP contribution in [0.2, 0.25) is 0 Å². The summed E-state index contributed by atoms with van der Waals surface area (Å²) in [5.74, 6) is 1.000. The minimum atomic E-state index is -0.370. The van der Waals surface area contributed by atoms with Gasteiger partial charge in [-0.3, -0.25) is 14.4 Å². The first-order valence-corrected chi connectivity index (χ1v) is 14.5. The summed E-state index contributed by atoms with van der Waals surface area (Å²) in [6.07, 6.45) is 2.97. The summed E-state index contributed by atoms with van der Waals surface area (Å²) >= 11 is 0. The molecule has 0 aliphatic carbocycles. The van der Waals surface area contributed by atoms with Crippen LogP contribution in [-0.4, -0.2) is 67.4 Å². The van der Waals surface area contributed by atoms with Crippen molar-refractivity contribution in [2.24, 2.45) is 5.73 Å². The fourth-order valence-corrected chi connectivity index (χ4v) is 4.76. The Labute approximate surface area is 257 Å². The average molecular weight is 601 g/mol. The molecule has 0 bridgehead atoms. The van der Waals surface area contributed by atoms with Gasteiger partial charge in [-0.1, -0.05) is 12.1 Å². The molecule has 1 aromatic heterocycles. The molecule has 0 fully saturated rings. The Bertz CT molecular complexity index is 1650. The number of rotatable bonds is 13. The van der Waals surface area contributed by atoms with Gasteiger partial charge in [0, 0.05) is 33.1 Å². The lowest BCUT2D eigenvalue weighted by molar-refractivity contribution is -0.128. The molecule has 4 N–H and O–H groups in total. The number of H-pyrrole nitrogens is 1. The molecule has 0 aliphatic rings. The number of amides is 3. The molecule has 3 aromatic carbocycles. The molecule has 0 unspecified atom stereocenters. The summed E-state index contributed by atoms with van der Waals surface area (Å²) in [4.78, 5) is 49.2. The van der Waals surface area contributed by atoms with Crippen molar-refractivity contribution in [3.05, 3.63) is 77.1 Å². The van der Waals surface area contributed by atoms with Crippen molar-refractivity contribution >= 4 is 40.1 Å². The molecule has 11 heteroatoms. The highest BCUT2D eigenvalue weighted by Gasteiger charge is 2.21. The smallest absolute Gasteiger partial charge is 0.258 e. The number of hydrogen-bond donors (Lipinski definition) is 3. The highest BCUT2D eigenvalue weighted by Crippen LogP contribution is 2.32. The van der Waals surface area contributed by atoms with Crippen molar-refractivity contribution in [3.8, 4) is 11.5 Å². The third-order valence-electron chi connectivity index (χ3n) is 7.27. The standard InChI is InChI=1S/C33H40N6O5/c1-21-13-16-26(28(18-21)44-17-8-6-7-12-30(40)38(2)3)39(4)33(42)22-14-15-24(27(19-22)43-5)36-32(41)23-10-9-11-25-31(23)37-29(20-34)35-25/h9-11,13-16,18-19H,6-8,12,17,20,34H2,1-5H3,(H,35,37)(H,36,41). The molecule has 44 heavy (non-hydrogen) atoms. The van der Waals surface area contributed by atoms with Crippen molar-refractivity contribution in [3.63, 3.8) is 0 Å². The first-order chi connectivity index (χ1) is 21.1. The molecule has 0 saturated carbocycles. The molecule has 0 atom stereocenters. The van der Waals surface area contributed by atoms with Gasteiger partial charge < -0.3 is 35.3 Å². The number of anilines is 2. The number of aromatic amines is 1. The second-order valence-electron chi connectivity index (χ2n) is 10.7. The lowest BCUT2D eigenvalue weighted by atomic mass is 10.1. The molecule has 0 saturated heterocycles. The largest absolute Gasteiger partial charge is 0.495 e. The summed E-state index contributed by atoms with van der Waals surface area (Å²) < 4.78 is 11.6. The van der Waals surface area contributed by atoms with E-state index >= 15 is 0 Å². The van der Waals surface area contributed by atoms with Gasteiger partial charge in [0.25, 0.3) is 11.8 Å². The maximum absolute atomic E-state index is 13.6. The van der Waals surface area contributed by atoms with Gasteiger partial charge >= 0.3 is 0 Å². The number of nitrogens with one attached hydrogen (secondary N) is 2. The molecule has 1 heterocycles. The lowest BCUT2D eigenvalue weighted by Gasteiger charge is -2.22. The highest BCUT2D eigenvalue weighted by molar-refractivity contribution is 6.12. The predicted octanol–water partition coefficient (Wildman–Crippen LogP) is 4.89. The number of nitrogens with zero attached hydrogens (tertiary/aromatic N) is 3. The van der Waals surface area contributed by atoms with E-state index in [0.717, 1.165) is 24.8 Å². The number of hydrogen-bond acceptors (Lipinski definition) is 7. The predicted molar refractivity (Wildman–Crippen MR) is 172 cm³/mol. The molecule has 0 spiro atoms. The third kappa shape index (κ3) is 7.54. The SMILES string of the molecule is COc1cc(C(=O)N(C)c2ccc(C)cc2OCCCCCC(=O)N(C)C)ccc1NC(=O)c1cccc2[nH]c(CN)nc12. The lowest BCUT2D eigenvalue weighted by Crippen LogP contribution is -2.27. The maximum atomic E-state index is 13.6. The van der Waals surface area contributed by atoms with Gasteiger partial charge in [-0.25, -0.2) is 4.98 Å². The molecule has 4 aromatic rings. The van der Waals surface area contributed by atoms with Crippen molar-refractivity contribution in [2.75, 3.05) is 45.1 Å². The van der Waals surface area contributed by atoms with Crippen LogP contribution in [-0.2, 0) is 11.3 Å². The van der Waals surface area contributed by atoms with E-state index in [1.165, 1.54) is 12.0 Å². The summed E-state index contributed by atoms with van der Waals surface area (Å²) in [7, 11) is 6.68. The fourth-order valence-electron chi connectivity index (χ4n) is 4.76. The van der Waals surface area contributed by atoms with E-state index < -0.39 is 0 Å². The first-order valence-electron chi connectivity index (χ1n) is 14.5. The number of aryl methyl sites for hydroxylation is 1. The Kier molecular flexibility index (Phi) is 10.6. The fraction of sp³-hybridized carbons (Fsp3) is 0.333. The van der Waals surface area contributed by atoms with Gasteiger partial charge in [-0.2, -0.15) is 0 Å². The molecule has 4 rings (SSSR count). The second kappa shape index (κ2) is 14.5. The van der Waals surface area contributed by atoms with E-state index in [4.69, 9.17) is 15.2 Å². The summed E-state index contributed by atoms with van der Waals surface area (Å²) in [6, 6.07) is 15.9. The average Bonchev–Trinajstić information content (AvgIpc) is 3.46. The molecule has 3 amide bonds. The zero-order valence-corrected chi connectivity index (χ0v) is 25.9. The number of nitrogens with two attached hydrogens (primary N) is 1. The van der Waals surface area contributed by atoms with Crippen LogP contribution < -0.4 is 25.4 Å². The van der Waals surface area contributed by atoms with Crippen LogP contribution in [0.25, 0.3) is 11.0 Å². The first kappa shape index (κ1) is 32.0. The van der Waals surface area contributed by atoms with E-state index in [0.29, 0.717) is 63.9 Å². The van der Waals surface area contributed by atoms with Crippen molar-refractivity contribution < 1.29 is 23.9 Å². The van der Waals surface area contributed by atoms with Crippen LogP contribution in [0.5, 0.6) is 11.5 Å². The topological polar surface area (TPSA) is 143 Å². The third-order valence-corrected chi connectivity index (χ3v) is 7.27. The molecular weight excluding hydrogens is 560 g/mol. The van der Waals surface area contributed by atoms with Crippen molar-refractivity contribution in [1.29, 1.82) is 0 Å². The number of carbonyl (C=O) groups excluding carboxylic acids is 3. The molecule has 0 radical (unpaired) electrons. The minimum absolute atomic E-state index is 0.118. The molecule has 11 nitrogen and oxygen atoms in total. The van der Waals surface area contributed by atoms with E-state index in [1.54, 1.807) is 56.4 Å². The summed E-state index contributed by atoms with van der Waals surface area (Å²) in [5.41, 5.74) is 9.75. The number of unbranched alkanes of at least 4 members (excludes halogenated alkanes) is 2. The van der Waals surface area contributed by atoms with E-state index in [9.17, 15) is 14.4 Å². The van der Waals surface area contributed by atoms with Crippen LogP contribution in [0.15, 0.2) is 54.6 Å². The number of aromatic nitrogens is 2. The Morgan fingerprint density at radius 3 is 2.50 bits per heavy atom. The normalized spacial score (nSPS) is 10.9. The van der Waals surface area contributed by atoms with E-state index in [2.05, 4.69) is 15.3 Å². The van der Waals surface area contributed by atoms with Gasteiger partial charge in [-0.05, 0) is 74.2 Å². The van der Waals surface area contributed by atoms with Crippen molar-refractivity contribution in [2.45, 2.75) is 39.2 Å². The van der Waals surface area contributed by atoms with E-state index in [-0.39, 0.29) is 24.3 Å². The number of ether oxygens (including phenoxy) is 2. The van der Waals surface area contributed by atoms with Gasteiger partial charge in [0.2, 0.25) is 5.91 Å². The van der Waals surface area contributed by atoms with Crippen molar-refractivity contribution in [1.82, 2.24) is 14.9 Å². The quantitative estimate of drug-likeness (QED) is 0.185. The van der Waals surface area contributed by atoms with Gasteiger partial charge in [0.15, 0.2) is 0 Å². The van der Waals surface area contributed by atoms with Gasteiger partial charge in [0.05, 0.1) is 42.7 Å². The number of para-hydroxylation sites is 1. The molecule has 232 valence electrons.